The van der Waals surface area contributed by atoms with Gasteiger partial charge in [0.2, 0.25) is 5.91 Å². The fraction of sp³-hybridized carbons (Fsp3) is 0.400. The lowest BCUT2D eigenvalue weighted by molar-refractivity contribution is -0.127. The van der Waals surface area contributed by atoms with Crippen molar-refractivity contribution in [1.82, 2.24) is 5.32 Å². The number of fused-ring (bicyclic) bond motifs is 1. The molecule has 0 saturated carbocycles. The summed E-state index contributed by atoms with van der Waals surface area (Å²) in [6.07, 6.45) is -1.29. The van der Waals surface area contributed by atoms with E-state index in [-0.39, 0.29) is 31.3 Å². The number of halogens is 1. The predicted molar refractivity (Wildman–Crippen MR) is 80.2 cm³/mol. The molecule has 1 aromatic carbocycles. The maximum Gasteiger partial charge on any atom is 0.415 e. The Kier molecular flexibility index (Phi) is 3.89. The van der Waals surface area contributed by atoms with Gasteiger partial charge >= 0.3 is 6.09 Å². The SMILES string of the molecule is CNC(=O)[C@H]1CN(c2ccc3c(c2)CC(=O)N3CCF)C(=O)O1. The molecule has 1 atom stereocenters. The monoisotopic (exact) mass is 321 g/mol. The van der Waals surface area contributed by atoms with E-state index in [0.29, 0.717) is 11.4 Å². The van der Waals surface area contributed by atoms with Gasteiger partial charge in [-0.05, 0) is 23.8 Å². The molecule has 0 bridgehead atoms. The van der Waals surface area contributed by atoms with Gasteiger partial charge in [-0.2, -0.15) is 0 Å². The Morgan fingerprint density at radius 3 is 2.91 bits per heavy atom. The Bertz CT molecular complexity index is 679. The predicted octanol–water partition coefficient (Wildman–Crippen LogP) is 0.616. The van der Waals surface area contributed by atoms with Crippen LogP contribution in [0, 0.1) is 0 Å². The Balaban J connectivity index is 1.84. The molecule has 0 aliphatic carbocycles. The van der Waals surface area contributed by atoms with Crippen LogP contribution in [0.1, 0.15) is 5.56 Å². The number of alkyl halides is 1. The highest BCUT2D eigenvalue weighted by molar-refractivity contribution is 6.02. The minimum Gasteiger partial charge on any atom is -0.434 e. The molecule has 8 heteroatoms. The van der Waals surface area contributed by atoms with Crippen LogP contribution in [0.4, 0.5) is 20.6 Å². The smallest absolute Gasteiger partial charge is 0.415 e. The molecule has 2 aliphatic rings. The van der Waals surface area contributed by atoms with Crippen molar-refractivity contribution in [2.24, 2.45) is 0 Å². The number of carbonyl (C=O) groups excluding carboxylic acids is 3. The van der Waals surface area contributed by atoms with Crippen LogP contribution >= 0.6 is 0 Å². The molecule has 0 aromatic heterocycles. The van der Waals surface area contributed by atoms with Crippen molar-refractivity contribution >= 4 is 29.3 Å². The Hall–Kier alpha value is -2.64. The first-order valence-corrected chi connectivity index (χ1v) is 7.24. The standard InChI is InChI=1S/C15H16FN3O4/c1-17-14(21)12-8-19(15(22)23-12)10-2-3-11-9(6-10)7-13(20)18(11)5-4-16/h2-3,6,12H,4-5,7-8H2,1H3,(H,17,21)/t12-/m1/s1. The number of amides is 3. The minimum absolute atomic E-state index is 0.0235. The average Bonchev–Trinajstić information content (AvgIpc) is 3.07. The summed E-state index contributed by atoms with van der Waals surface area (Å²) in [4.78, 5) is 38.2. The number of nitrogens with one attached hydrogen (secondary N) is 1. The minimum atomic E-state index is -0.856. The molecular formula is C15H16FN3O4. The van der Waals surface area contributed by atoms with Crippen LogP contribution in [-0.2, 0) is 20.7 Å². The molecule has 23 heavy (non-hydrogen) atoms. The highest BCUT2D eigenvalue weighted by Gasteiger charge is 2.37. The van der Waals surface area contributed by atoms with Crippen molar-refractivity contribution in [1.29, 1.82) is 0 Å². The van der Waals surface area contributed by atoms with E-state index in [1.165, 1.54) is 16.8 Å². The van der Waals surface area contributed by atoms with E-state index in [1.54, 1.807) is 18.2 Å². The number of carbonyl (C=O) groups is 3. The van der Waals surface area contributed by atoms with Crippen molar-refractivity contribution in [3.05, 3.63) is 23.8 Å². The quantitative estimate of drug-likeness (QED) is 0.881. The molecule has 1 N–H and O–H groups in total. The number of hydrogen-bond donors (Lipinski definition) is 1. The first-order chi connectivity index (χ1) is 11.0. The van der Waals surface area contributed by atoms with Gasteiger partial charge in [0.05, 0.1) is 19.5 Å². The van der Waals surface area contributed by atoms with Crippen molar-refractivity contribution in [3.63, 3.8) is 0 Å². The van der Waals surface area contributed by atoms with E-state index in [4.69, 9.17) is 4.74 Å². The lowest BCUT2D eigenvalue weighted by atomic mass is 10.1. The summed E-state index contributed by atoms with van der Waals surface area (Å²) < 4.78 is 17.6. The third kappa shape index (κ3) is 2.60. The number of benzene rings is 1. The number of ether oxygens (including phenoxy) is 1. The van der Waals surface area contributed by atoms with Crippen LogP contribution in [0.25, 0.3) is 0 Å². The maximum absolute atomic E-state index is 12.5. The molecule has 3 rings (SSSR count). The highest BCUT2D eigenvalue weighted by Crippen LogP contribution is 2.33. The van der Waals surface area contributed by atoms with Gasteiger partial charge in [-0.1, -0.05) is 0 Å². The van der Waals surface area contributed by atoms with Gasteiger partial charge < -0.3 is 15.0 Å². The molecular weight excluding hydrogens is 305 g/mol. The van der Waals surface area contributed by atoms with Gasteiger partial charge in [0.15, 0.2) is 6.10 Å². The fourth-order valence-electron chi connectivity index (χ4n) is 2.84. The molecule has 3 amide bonds. The third-order valence-electron chi connectivity index (χ3n) is 3.97. The zero-order valence-electron chi connectivity index (χ0n) is 12.5. The van der Waals surface area contributed by atoms with Crippen LogP contribution in [0.15, 0.2) is 18.2 Å². The van der Waals surface area contributed by atoms with Crippen molar-refractivity contribution in [3.8, 4) is 0 Å². The summed E-state index contributed by atoms with van der Waals surface area (Å²) in [5, 5.41) is 2.44. The second-order valence-electron chi connectivity index (χ2n) is 5.32. The Morgan fingerprint density at radius 2 is 2.22 bits per heavy atom. The first-order valence-electron chi connectivity index (χ1n) is 7.24. The lowest BCUT2D eigenvalue weighted by Gasteiger charge is -2.17. The highest BCUT2D eigenvalue weighted by atomic mass is 19.1. The first kappa shape index (κ1) is 15.3. The van der Waals surface area contributed by atoms with E-state index in [2.05, 4.69) is 5.32 Å². The fourth-order valence-corrected chi connectivity index (χ4v) is 2.84. The van der Waals surface area contributed by atoms with Crippen LogP contribution in [0.2, 0.25) is 0 Å². The van der Waals surface area contributed by atoms with Gasteiger partial charge in [-0.3, -0.25) is 14.5 Å². The normalized spacial score (nSPS) is 19.8. The van der Waals surface area contributed by atoms with Crippen LogP contribution in [0.5, 0.6) is 0 Å². The van der Waals surface area contributed by atoms with E-state index in [1.807, 2.05) is 0 Å². The van der Waals surface area contributed by atoms with E-state index >= 15 is 0 Å². The van der Waals surface area contributed by atoms with Gasteiger partial charge in [0, 0.05) is 18.4 Å². The van der Waals surface area contributed by atoms with Gasteiger partial charge in [0.1, 0.15) is 6.67 Å². The largest absolute Gasteiger partial charge is 0.434 e. The summed E-state index contributed by atoms with van der Waals surface area (Å²) in [5.41, 5.74) is 1.94. The average molecular weight is 321 g/mol. The molecule has 0 spiro atoms. The zero-order valence-corrected chi connectivity index (χ0v) is 12.5. The van der Waals surface area contributed by atoms with Gasteiger partial charge in [0.25, 0.3) is 5.91 Å². The third-order valence-corrected chi connectivity index (χ3v) is 3.97. The summed E-state index contributed by atoms with van der Waals surface area (Å²) in [7, 11) is 1.47. The number of nitrogens with zero attached hydrogens (tertiary/aromatic N) is 2. The topological polar surface area (TPSA) is 79.0 Å². The van der Waals surface area contributed by atoms with Gasteiger partial charge in [-0.15, -0.1) is 0 Å². The molecule has 1 aromatic rings. The summed E-state index contributed by atoms with van der Waals surface area (Å²) in [5.74, 6) is -0.534. The van der Waals surface area contributed by atoms with Crippen molar-refractivity contribution in [2.45, 2.75) is 12.5 Å². The molecule has 0 unspecified atom stereocenters. The second kappa shape index (κ2) is 5.86. The number of likely N-dealkylation sites (N-methyl/N-ethyl adjacent to an activating group) is 1. The molecule has 1 saturated heterocycles. The van der Waals surface area contributed by atoms with Crippen molar-refractivity contribution in [2.75, 3.05) is 36.6 Å². The number of cyclic esters (lactones) is 1. The molecule has 2 aliphatic heterocycles. The van der Waals surface area contributed by atoms with Crippen LogP contribution in [-0.4, -0.2) is 50.8 Å². The van der Waals surface area contributed by atoms with Crippen LogP contribution in [0.3, 0.4) is 0 Å². The number of rotatable bonds is 4. The maximum atomic E-state index is 12.5. The second-order valence-corrected chi connectivity index (χ2v) is 5.32. The number of hydrogen-bond acceptors (Lipinski definition) is 4. The molecule has 1 fully saturated rings. The summed E-state index contributed by atoms with van der Waals surface area (Å²) in [6, 6.07) is 5.06. The van der Waals surface area contributed by atoms with Crippen molar-refractivity contribution < 1.29 is 23.5 Å². The molecule has 7 nitrogen and oxygen atoms in total. The van der Waals surface area contributed by atoms with E-state index < -0.39 is 18.9 Å². The Morgan fingerprint density at radius 1 is 1.43 bits per heavy atom. The number of anilines is 2. The van der Waals surface area contributed by atoms with E-state index in [9.17, 15) is 18.8 Å². The van der Waals surface area contributed by atoms with E-state index in [0.717, 1.165) is 5.56 Å². The zero-order chi connectivity index (χ0) is 16.6. The lowest BCUT2D eigenvalue weighted by Crippen LogP contribution is -2.35. The summed E-state index contributed by atoms with van der Waals surface area (Å²) in [6.45, 7) is -0.478. The molecule has 2 heterocycles. The molecule has 0 radical (unpaired) electrons. The van der Waals surface area contributed by atoms with Gasteiger partial charge in [-0.25, -0.2) is 9.18 Å². The summed E-state index contributed by atoms with van der Waals surface area (Å²) >= 11 is 0. The van der Waals surface area contributed by atoms with Crippen LogP contribution < -0.4 is 15.1 Å². The Labute approximate surface area is 132 Å². The molecule has 122 valence electrons.